The number of aromatic amines is 1. The number of imidazole rings is 1. The molecule has 1 aliphatic carbocycles. The van der Waals surface area contributed by atoms with Crippen molar-refractivity contribution in [2.45, 2.75) is 26.4 Å². The summed E-state index contributed by atoms with van der Waals surface area (Å²) in [6.07, 6.45) is 6.90. The summed E-state index contributed by atoms with van der Waals surface area (Å²) in [4.78, 5) is 20.2. The van der Waals surface area contributed by atoms with E-state index < -0.39 is 0 Å². The summed E-state index contributed by atoms with van der Waals surface area (Å²) in [6.45, 7) is 2.72. The molecular formula is C25H24N2O3. The number of H-pyrrole nitrogens is 1. The van der Waals surface area contributed by atoms with Gasteiger partial charge in [-0.2, -0.15) is 0 Å². The van der Waals surface area contributed by atoms with E-state index in [1.165, 1.54) is 0 Å². The highest BCUT2D eigenvalue weighted by molar-refractivity contribution is 5.86. The minimum Gasteiger partial charge on any atom is -0.489 e. The van der Waals surface area contributed by atoms with Gasteiger partial charge in [0.2, 0.25) is 0 Å². The molecule has 3 aromatic rings. The van der Waals surface area contributed by atoms with E-state index in [0.29, 0.717) is 13.2 Å². The van der Waals surface area contributed by atoms with Gasteiger partial charge in [0, 0.05) is 17.7 Å². The van der Waals surface area contributed by atoms with Gasteiger partial charge >= 0.3 is 5.97 Å². The summed E-state index contributed by atoms with van der Waals surface area (Å²) in [5, 5.41) is 0. The molecule has 5 nitrogen and oxygen atoms in total. The first kappa shape index (κ1) is 19.7. The van der Waals surface area contributed by atoms with Crippen LogP contribution in [0, 0.1) is 0 Å². The molecule has 0 unspecified atom stereocenters. The van der Waals surface area contributed by atoms with E-state index >= 15 is 0 Å². The quantitative estimate of drug-likeness (QED) is 0.560. The van der Waals surface area contributed by atoms with Crippen LogP contribution in [0.15, 0.2) is 72.8 Å². The number of nitrogens with one attached hydrogen (secondary N) is 1. The van der Waals surface area contributed by atoms with E-state index in [1.54, 1.807) is 0 Å². The number of ether oxygens (including phenoxy) is 2. The highest BCUT2D eigenvalue weighted by atomic mass is 16.5. The summed E-state index contributed by atoms with van der Waals surface area (Å²) < 4.78 is 11.0. The Morgan fingerprint density at radius 3 is 2.67 bits per heavy atom. The van der Waals surface area contributed by atoms with E-state index in [0.717, 1.165) is 46.1 Å². The van der Waals surface area contributed by atoms with Crippen molar-refractivity contribution in [3.63, 3.8) is 0 Å². The number of benzene rings is 2. The Kier molecular flexibility index (Phi) is 6.09. The molecule has 0 saturated heterocycles. The second kappa shape index (κ2) is 9.27. The maximum Gasteiger partial charge on any atom is 0.310 e. The molecule has 0 atom stereocenters. The maximum absolute atomic E-state index is 12.0. The van der Waals surface area contributed by atoms with Crippen molar-refractivity contribution in [3.05, 3.63) is 89.8 Å². The molecule has 0 radical (unpaired) electrons. The minimum absolute atomic E-state index is 0.210. The van der Waals surface area contributed by atoms with Gasteiger partial charge in [-0.15, -0.1) is 0 Å². The SMILES string of the molecule is CCOC(=O)CC1=CC=CCc2[nH]c(-c3ccc(OCc4ccccc4)cc3)nc21. The number of rotatable bonds is 7. The van der Waals surface area contributed by atoms with Crippen molar-refractivity contribution in [3.8, 4) is 17.1 Å². The lowest BCUT2D eigenvalue weighted by Gasteiger charge is -2.07. The van der Waals surface area contributed by atoms with Crippen LogP contribution in [0.5, 0.6) is 5.75 Å². The fourth-order valence-electron chi connectivity index (χ4n) is 3.37. The summed E-state index contributed by atoms with van der Waals surface area (Å²) in [5.74, 6) is 1.34. The fraction of sp³-hybridized carbons (Fsp3) is 0.200. The highest BCUT2D eigenvalue weighted by Gasteiger charge is 2.18. The van der Waals surface area contributed by atoms with Gasteiger partial charge in [0.1, 0.15) is 18.2 Å². The van der Waals surface area contributed by atoms with Crippen LogP contribution < -0.4 is 4.74 Å². The summed E-state index contributed by atoms with van der Waals surface area (Å²) >= 11 is 0. The smallest absolute Gasteiger partial charge is 0.310 e. The van der Waals surface area contributed by atoms with Gasteiger partial charge in [-0.1, -0.05) is 48.6 Å². The molecule has 1 N–H and O–H groups in total. The normalized spacial score (nSPS) is 12.6. The van der Waals surface area contributed by atoms with Gasteiger partial charge in [-0.3, -0.25) is 4.79 Å². The molecule has 5 heteroatoms. The summed E-state index contributed by atoms with van der Waals surface area (Å²) in [6, 6.07) is 18.0. The molecule has 152 valence electrons. The van der Waals surface area contributed by atoms with E-state index in [9.17, 15) is 4.79 Å². The highest BCUT2D eigenvalue weighted by Crippen LogP contribution is 2.28. The molecule has 4 rings (SSSR count). The lowest BCUT2D eigenvalue weighted by atomic mass is 10.1. The average molecular weight is 400 g/mol. The third-order valence-electron chi connectivity index (χ3n) is 4.85. The molecule has 0 saturated carbocycles. The minimum atomic E-state index is -0.241. The van der Waals surface area contributed by atoms with Crippen LogP contribution in [-0.2, 0) is 22.6 Å². The zero-order valence-corrected chi connectivity index (χ0v) is 16.9. The molecule has 0 amide bonds. The van der Waals surface area contributed by atoms with Crippen LogP contribution in [0.3, 0.4) is 0 Å². The van der Waals surface area contributed by atoms with E-state index in [-0.39, 0.29) is 12.4 Å². The van der Waals surface area contributed by atoms with Crippen LogP contribution in [0.2, 0.25) is 0 Å². The van der Waals surface area contributed by atoms with Crippen LogP contribution in [0.4, 0.5) is 0 Å². The number of allylic oxidation sites excluding steroid dienone is 3. The Morgan fingerprint density at radius 1 is 1.10 bits per heavy atom. The molecule has 1 heterocycles. The lowest BCUT2D eigenvalue weighted by Crippen LogP contribution is -2.05. The van der Waals surface area contributed by atoms with Crippen molar-refractivity contribution in [2.24, 2.45) is 0 Å². The Bertz CT molecular complexity index is 1060. The van der Waals surface area contributed by atoms with Gasteiger partial charge in [-0.25, -0.2) is 4.98 Å². The van der Waals surface area contributed by atoms with Gasteiger partial charge < -0.3 is 14.5 Å². The Morgan fingerprint density at radius 2 is 1.90 bits per heavy atom. The molecule has 0 spiro atoms. The summed E-state index contributed by atoms with van der Waals surface area (Å²) in [5.41, 5.74) is 4.79. The van der Waals surface area contributed by atoms with Crippen molar-refractivity contribution in [2.75, 3.05) is 6.61 Å². The standard InChI is InChI=1S/C25H24N2O3/c1-2-29-23(28)16-20-10-6-7-11-22-24(20)27-25(26-22)19-12-14-21(15-13-19)30-17-18-8-4-3-5-9-18/h3-10,12-15H,2,11,16-17H2,1H3,(H,26,27). The van der Waals surface area contributed by atoms with Crippen LogP contribution >= 0.6 is 0 Å². The number of fused-ring (bicyclic) bond motifs is 1. The Labute approximate surface area is 176 Å². The molecule has 0 fully saturated rings. The second-order valence-corrected chi connectivity index (χ2v) is 7.02. The van der Waals surface area contributed by atoms with E-state index in [1.807, 2.05) is 73.7 Å². The number of hydrogen-bond donors (Lipinski definition) is 1. The molecular weight excluding hydrogens is 376 g/mol. The molecule has 0 aliphatic heterocycles. The Balaban J connectivity index is 1.49. The van der Waals surface area contributed by atoms with Crippen LogP contribution in [0.25, 0.3) is 17.0 Å². The third kappa shape index (κ3) is 4.69. The summed E-state index contributed by atoms with van der Waals surface area (Å²) in [7, 11) is 0. The fourth-order valence-corrected chi connectivity index (χ4v) is 3.37. The third-order valence-corrected chi connectivity index (χ3v) is 4.85. The van der Waals surface area contributed by atoms with Crippen molar-refractivity contribution < 1.29 is 14.3 Å². The van der Waals surface area contributed by atoms with Gasteiger partial charge in [0.15, 0.2) is 0 Å². The van der Waals surface area contributed by atoms with Crippen molar-refractivity contribution in [1.82, 2.24) is 9.97 Å². The van der Waals surface area contributed by atoms with E-state index in [2.05, 4.69) is 11.1 Å². The number of esters is 1. The van der Waals surface area contributed by atoms with Crippen molar-refractivity contribution >= 4 is 11.5 Å². The molecule has 1 aromatic heterocycles. The number of aromatic nitrogens is 2. The molecule has 0 bridgehead atoms. The zero-order valence-electron chi connectivity index (χ0n) is 16.9. The molecule has 1 aliphatic rings. The number of carbonyl (C=O) groups excluding carboxylic acids is 1. The second-order valence-electron chi connectivity index (χ2n) is 7.02. The molecule has 30 heavy (non-hydrogen) atoms. The number of hydrogen-bond acceptors (Lipinski definition) is 4. The van der Waals surface area contributed by atoms with Gasteiger partial charge in [-0.05, 0) is 42.3 Å². The van der Waals surface area contributed by atoms with Crippen molar-refractivity contribution in [1.29, 1.82) is 0 Å². The van der Waals surface area contributed by atoms with Gasteiger partial charge in [0.25, 0.3) is 0 Å². The van der Waals surface area contributed by atoms with Gasteiger partial charge in [0.05, 0.1) is 18.7 Å². The topological polar surface area (TPSA) is 64.2 Å². The largest absolute Gasteiger partial charge is 0.489 e. The first-order valence-electron chi connectivity index (χ1n) is 10.1. The predicted molar refractivity (Wildman–Crippen MR) is 117 cm³/mol. The number of nitrogens with zero attached hydrogens (tertiary/aromatic N) is 1. The monoisotopic (exact) mass is 400 g/mol. The Hall–Kier alpha value is -3.60. The maximum atomic E-state index is 12.0. The predicted octanol–water partition coefficient (Wildman–Crippen LogP) is 5.10. The first-order valence-corrected chi connectivity index (χ1v) is 10.1. The van der Waals surface area contributed by atoms with Crippen LogP contribution in [-0.4, -0.2) is 22.5 Å². The van der Waals surface area contributed by atoms with E-state index in [4.69, 9.17) is 14.5 Å². The van der Waals surface area contributed by atoms with Crippen LogP contribution in [0.1, 0.15) is 30.3 Å². The lowest BCUT2D eigenvalue weighted by molar-refractivity contribution is -0.141. The first-order chi connectivity index (χ1) is 14.7. The number of carbonyl (C=O) groups is 1. The average Bonchev–Trinajstić information content (AvgIpc) is 3.11. The zero-order chi connectivity index (χ0) is 20.8. The molecule has 2 aromatic carbocycles.